The maximum Gasteiger partial charge on any atom is 0.222 e. The van der Waals surface area contributed by atoms with E-state index in [9.17, 15) is 4.79 Å². The van der Waals surface area contributed by atoms with Crippen molar-refractivity contribution in [3.63, 3.8) is 0 Å². The summed E-state index contributed by atoms with van der Waals surface area (Å²) in [5.41, 5.74) is 0. The molecule has 0 unspecified atom stereocenters. The van der Waals surface area contributed by atoms with Crippen LogP contribution in [-0.2, 0) is 4.79 Å². The summed E-state index contributed by atoms with van der Waals surface area (Å²) in [7, 11) is 5.93. The molecule has 0 aliphatic carbocycles. The van der Waals surface area contributed by atoms with Gasteiger partial charge >= 0.3 is 0 Å². The molecule has 14 heavy (non-hydrogen) atoms. The summed E-state index contributed by atoms with van der Waals surface area (Å²) in [5.74, 6) is 0.278. The van der Waals surface area contributed by atoms with Crippen molar-refractivity contribution in [3.05, 3.63) is 0 Å². The molecule has 3 heteroatoms. The van der Waals surface area contributed by atoms with E-state index in [0.717, 1.165) is 25.9 Å². The van der Waals surface area contributed by atoms with Crippen molar-refractivity contribution in [2.75, 3.05) is 34.2 Å². The van der Waals surface area contributed by atoms with E-state index in [2.05, 4.69) is 11.8 Å². The Bertz CT molecular complexity index is 157. The number of carbonyl (C=O) groups excluding carboxylic acids is 1. The van der Waals surface area contributed by atoms with Crippen LogP contribution in [-0.4, -0.2) is 49.9 Å². The van der Waals surface area contributed by atoms with E-state index >= 15 is 0 Å². The van der Waals surface area contributed by atoms with Crippen LogP contribution in [0.1, 0.15) is 32.6 Å². The average Bonchev–Trinajstić information content (AvgIpc) is 2.14. The molecule has 0 fully saturated rings. The van der Waals surface area contributed by atoms with Gasteiger partial charge in [-0.3, -0.25) is 4.79 Å². The molecule has 84 valence electrons. The molecule has 0 bridgehead atoms. The van der Waals surface area contributed by atoms with Crippen LogP contribution in [0, 0.1) is 0 Å². The molecule has 3 nitrogen and oxygen atoms in total. The van der Waals surface area contributed by atoms with E-state index in [4.69, 9.17) is 0 Å². The standard InChI is InChI=1S/C11H24N2O/c1-5-6-7-8-11(14)13(4)10-9-12(2)3/h5-10H2,1-4H3. The zero-order valence-electron chi connectivity index (χ0n) is 10.0. The lowest BCUT2D eigenvalue weighted by molar-refractivity contribution is -0.130. The molecule has 0 atom stereocenters. The van der Waals surface area contributed by atoms with Gasteiger partial charge < -0.3 is 9.80 Å². The molecule has 0 spiro atoms. The van der Waals surface area contributed by atoms with Crippen molar-refractivity contribution >= 4 is 5.91 Å². The molecule has 0 aromatic carbocycles. The number of hydrogen-bond acceptors (Lipinski definition) is 2. The molecule has 0 radical (unpaired) electrons. The smallest absolute Gasteiger partial charge is 0.222 e. The first-order chi connectivity index (χ1) is 6.57. The number of rotatable bonds is 7. The summed E-state index contributed by atoms with van der Waals surface area (Å²) in [6.07, 6.45) is 4.07. The van der Waals surface area contributed by atoms with Crippen molar-refractivity contribution in [3.8, 4) is 0 Å². The second kappa shape index (κ2) is 7.80. The van der Waals surface area contributed by atoms with Gasteiger partial charge in [-0.1, -0.05) is 19.8 Å². The molecule has 0 saturated carbocycles. The fraction of sp³-hybridized carbons (Fsp3) is 0.909. The number of amides is 1. The Morgan fingerprint density at radius 3 is 2.21 bits per heavy atom. The van der Waals surface area contributed by atoms with Crippen LogP contribution in [0.2, 0.25) is 0 Å². The van der Waals surface area contributed by atoms with E-state index < -0.39 is 0 Å². The first-order valence-electron chi connectivity index (χ1n) is 5.46. The summed E-state index contributed by atoms with van der Waals surface area (Å²) < 4.78 is 0. The third-order valence-corrected chi connectivity index (χ3v) is 2.30. The van der Waals surface area contributed by atoms with Crippen LogP contribution >= 0.6 is 0 Å². The van der Waals surface area contributed by atoms with Gasteiger partial charge in [-0.25, -0.2) is 0 Å². The number of nitrogens with zero attached hydrogens (tertiary/aromatic N) is 2. The Morgan fingerprint density at radius 2 is 1.71 bits per heavy atom. The molecule has 0 rings (SSSR count). The van der Waals surface area contributed by atoms with Gasteiger partial charge in [0, 0.05) is 26.6 Å². The number of likely N-dealkylation sites (N-methyl/N-ethyl adjacent to an activating group) is 2. The van der Waals surface area contributed by atoms with Crippen molar-refractivity contribution in [1.82, 2.24) is 9.80 Å². The molecule has 0 aliphatic rings. The second-order valence-electron chi connectivity index (χ2n) is 4.08. The van der Waals surface area contributed by atoms with Crippen molar-refractivity contribution in [1.29, 1.82) is 0 Å². The third-order valence-electron chi connectivity index (χ3n) is 2.30. The van der Waals surface area contributed by atoms with Gasteiger partial charge in [0.15, 0.2) is 0 Å². The van der Waals surface area contributed by atoms with Crippen LogP contribution in [0.5, 0.6) is 0 Å². The number of hydrogen-bond donors (Lipinski definition) is 0. The van der Waals surface area contributed by atoms with Crippen LogP contribution in [0.4, 0.5) is 0 Å². The highest BCUT2D eigenvalue weighted by molar-refractivity contribution is 5.75. The van der Waals surface area contributed by atoms with Gasteiger partial charge in [-0.2, -0.15) is 0 Å². The zero-order chi connectivity index (χ0) is 11.0. The number of carbonyl (C=O) groups is 1. The van der Waals surface area contributed by atoms with Gasteiger partial charge in [0.25, 0.3) is 0 Å². The molecule has 0 aliphatic heterocycles. The van der Waals surface area contributed by atoms with E-state index in [-0.39, 0.29) is 5.91 Å². The first-order valence-corrected chi connectivity index (χ1v) is 5.46. The SMILES string of the molecule is CCCCCC(=O)N(C)CCN(C)C. The molecular weight excluding hydrogens is 176 g/mol. The Kier molecular flexibility index (Phi) is 7.48. The summed E-state index contributed by atoms with van der Waals surface area (Å²) in [4.78, 5) is 15.5. The largest absolute Gasteiger partial charge is 0.344 e. The lowest BCUT2D eigenvalue weighted by atomic mass is 10.2. The first kappa shape index (κ1) is 13.4. The third kappa shape index (κ3) is 6.89. The van der Waals surface area contributed by atoms with Crippen molar-refractivity contribution in [2.24, 2.45) is 0 Å². The Labute approximate surface area is 88.1 Å². The van der Waals surface area contributed by atoms with E-state index in [1.807, 2.05) is 26.0 Å². The molecule has 0 aromatic rings. The lowest BCUT2D eigenvalue weighted by Gasteiger charge is -2.19. The van der Waals surface area contributed by atoms with E-state index in [1.54, 1.807) is 0 Å². The van der Waals surface area contributed by atoms with Gasteiger partial charge in [-0.15, -0.1) is 0 Å². The fourth-order valence-corrected chi connectivity index (χ4v) is 1.19. The highest BCUT2D eigenvalue weighted by atomic mass is 16.2. The molecule has 0 heterocycles. The molecular formula is C11H24N2O. The summed E-state index contributed by atoms with van der Waals surface area (Å²) >= 11 is 0. The lowest BCUT2D eigenvalue weighted by Crippen LogP contribution is -2.33. The average molecular weight is 200 g/mol. The Morgan fingerprint density at radius 1 is 1.07 bits per heavy atom. The summed E-state index contributed by atoms with van der Waals surface area (Å²) in [6, 6.07) is 0. The van der Waals surface area contributed by atoms with Crippen LogP contribution in [0.3, 0.4) is 0 Å². The molecule has 0 saturated heterocycles. The topological polar surface area (TPSA) is 23.6 Å². The van der Waals surface area contributed by atoms with Crippen LogP contribution in [0.15, 0.2) is 0 Å². The molecule has 0 aromatic heterocycles. The molecule has 0 N–H and O–H groups in total. The summed E-state index contributed by atoms with van der Waals surface area (Å²) in [5, 5.41) is 0. The van der Waals surface area contributed by atoms with Gasteiger partial charge in [-0.05, 0) is 20.5 Å². The number of unbranched alkanes of at least 4 members (excludes halogenated alkanes) is 2. The maximum atomic E-state index is 11.5. The Hall–Kier alpha value is -0.570. The highest BCUT2D eigenvalue weighted by Gasteiger charge is 2.07. The Balaban J connectivity index is 3.54. The normalized spacial score (nSPS) is 10.6. The predicted octanol–water partition coefficient (Wildman–Crippen LogP) is 1.59. The highest BCUT2D eigenvalue weighted by Crippen LogP contribution is 2.01. The predicted molar refractivity (Wildman–Crippen MR) is 60.3 cm³/mol. The van der Waals surface area contributed by atoms with E-state index in [1.165, 1.54) is 6.42 Å². The van der Waals surface area contributed by atoms with E-state index in [0.29, 0.717) is 6.42 Å². The summed E-state index contributed by atoms with van der Waals surface area (Å²) in [6.45, 7) is 3.92. The molecule has 1 amide bonds. The zero-order valence-corrected chi connectivity index (χ0v) is 10.0. The van der Waals surface area contributed by atoms with Gasteiger partial charge in [0.2, 0.25) is 5.91 Å². The van der Waals surface area contributed by atoms with Gasteiger partial charge in [0.1, 0.15) is 0 Å². The maximum absolute atomic E-state index is 11.5. The minimum absolute atomic E-state index is 0.278. The van der Waals surface area contributed by atoms with Crippen LogP contribution in [0.25, 0.3) is 0 Å². The second-order valence-corrected chi connectivity index (χ2v) is 4.08. The fourth-order valence-electron chi connectivity index (χ4n) is 1.19. The minimum Gasteiger partial charge on any atom is -0.344 e. The van der Waals surface area contributed by atoms with Crippen molar-refractivity contribution in [2.45, 2.75) is 32.6 Å². The van der Waals surface area contributed by atoms with Crippen molar-refractivity contribution < 1.29 is 4.79 Å². The van der Waals surface area contributed by atoms with Crippen LogP contribution < -0.4 is 0 Å². The minimum atomic E-state index is 0.278. The monoisotopic (exact) mass is 200 g/mol. The quantitative estimate of drug-likeness (QED) is 0.583. The van der Waals surface area contributed by atoms with Gasteiger partial charge in [0.05, 0.1) is 0 Å².